The summed E-state index contributed by atoms with van der Waals surface area (Å²) in [5.74, 6) is 0.0331. The van der Waals surface area contributed by atoms with E-state index in [0.717, 1.165) is 0 Å². The topological polar surface area (TPSA) is 26.3 Å². The minimum Gasteiger partial charge on any atom is -0.461 e. The van der Waals surface area contributed by atoms with Crippen LogP contribution in [0.4, 0.5) is 0 Å². The van der Waals surface area contributed by atoms with Crippen LogP contribution in [-0.2, 0) is 9.53 Å². The molecule has 2 unspecified atom stereocenters. The average Bonchev–Trinajstić information content (AvgIpc) is 2.36. The van der Waals surface area contributed by atoms with Gasteiger partial charge in [0, 0.05) is 11.8 Å². The lowest BCUT2D eigenvalue weighted by Crippen LogP contribution is -2.39. The first-order chi connectivity index (χ1) is 8.21. The van der Waals surface area contributed by atoms with Gasteiger partial charge in [-0.1, -0.05) is 43.0 Å². The third-order valence-corrected chi connectivity index (χ3v) is 3.20. The molecular weight excluding hydrogens is 236 g/mol. The Morgan fingerprint density at radius 3 is 2.76 bits per heavy atom. The van der Waals surface area contributed by atoms with Crippen LogP contribution in [0.3, 0.4) is 0 Å². The van der Waals surface area contributed by atoms with E-state index in [0.29, 0.717) is 12.3 Å². The van der Waals surface area contributed by atoms with E-state index in [4.69, 9.17) is 16.3 Å². The van der Waals surface area contributed by atoms with E-state index in [1.165, 1.54) is 0 Å². The van der Waals surface area contributed by atoms with E-state index in [9.17, 15) is 4.79 Å². The molecule has 92 valence electrons. The molecule has 1 rings (SSSR count). The predicted octanol–water partition coefficient (Wildman–Crippen LogP) is 3.26. The van der Waals surface area contributed by atoms with Gasteiger partial charge in [-0.05, 0) is 6.42 Å². The maximum atomic E-state index is 12.2. The number of alkyl halides is 1. The second kappa shape index (κ2) is 6.45. The van der Waals surface area contributed by atoms with Crippen molar-refractivity contribution in [1.82, 2.24) is 0 Å². The first kappa shape index (κ1) is 13.8. The summed E-state index contributed by atoms with van der Waals surface area (Å²) in [5.41, 5.74) is -0.721. The molecule has 0 saturated heterocycles. The molecule has 0 heterocycles. The second-order valence-corrected chi connectivity index (χ2v) is 4.23. The lowest BCUT2D eigenvalue weighted by Gasteiger charge is -2.34. The predicted molar refractivity (Wildman–Crippen MR) is 70.9 cm³/mol. The molecule has 3 heteroatoms. The van der Waals surface area contributed by atoms with Crippen LogP contribution < -0.4 is 0 Å². The van der Waals surface area contributed by atoms with E-state index >= 15 is 0 Å². The highest BCUT2D eigenvalue weighted by Crippen LogP contribution is 2.39. The van der Waals surface area contributed by atoms with E-state index < -0.39 is 5.41 Å². The van der Waals surface area contributed by atoms with Crippen molar-refractivity contribution in [1.29, 1.82) is 0 Å². The van der Waals surface area contributed by atoms with Crippen molar-refractivity contribution < 1.29 is 9.53 Å². The summed E-state index contributed by atoms with van der Waals surface area (Å²) in [6.07, 6.45) is 11.3. The fourth-order valence-electron chi connectivity index (χ4n) is 1.94. The zero-order valence-electron chi connectivity index (χ0n) is 9.77. The standard InChI is InChI=1S/C14H17ClO2/c1-3-8-14(13(16)17-10-4-2)9-6-5-7-12(14)11-15/h3-7,9,12H,1-2,8,10-11H2. The van der Waals surface area contributed by atoms with Gasteiger partial charge in [0.1, 0.15) is 6.61 Å². The molecule has 1 aliphatic carbocycles. The van der Waals surface area contributed by atoms with Crippen LogP contribution >= 0.6 is 11.6 Å². The average molecular weight is 253 g/mol. The number of carbonyl (C=O) groups excluding carboxylic acids is 1. The second-order valence-electron chi connectivity index (χ2n) is 3.93. The van der Waals surface area contributed by atoms with Crippen molar-refractivity contribution in [2.24, 2.45) is 11.3 Å². The van der Waals surface area contributed by atoms with Crippen molar-refractivity contribution in [3.63, 3.8) is 0 Å². The highest BCUT2D eigenvalue weighted by Gasteiger charge is 2.43. The number of ether oxygens (including phenoxy) is 1. The zero-order valence-corrected chi connectivity index (χ0v) is 10.5. The molecule has 0 fully saturated rings. The van der Waals surface area contributed by atoms with Crippen LogP contribution in [0.1, 0.15) is 6.42 Å². The van der Waals surface area contributed by atoms with E-state index in [1.807, 2.05) is 24.3 Å². The van der Waals surface area contributed by atoms with Crippen LogP contribution in [-0.4, -0.2) is 18.5 Å². The quantitative estimate of drug-likeness (QED) is 0.412. The Balaban J connectivity index is 2.98. The summed E-state index contributed by atoms with van der Waals surface area (Å²) in [4.78, 5) is 12.2. The van der Waals surface area contributed by atoms with Gasteiger partial charge in [-0.2, -0.15) is 0 Å². The van der Waals surface area contributed by atoms with Crippen molar-refractivity contribution in [3.05, 3.63) is 49.6 Å². The van der Waals surface area contributed by atoms with Crippen LogP contribution in [0.15, 0.2) is 49.6 Å². The highest BCUT2D eigenvalue weighted by atomic mass is 35.5. The maximum Gasteiger partial charge on any atom is 0.317 e. The summed E-state index contributed by atoms with van der Waals surface area (Å²) in [6.45, 7) is 7.45. The number of halogens is 1. The van der Waals surface area contributed by atoms with E-state index in [2.05, 4.69) is 13.2 Å². The Kier molecular flexibility index (Phi) is 5.23. The maximum absolute atomic E-state index is 12.2. The minimum absolute atomic E-state index is 0.0653. The van der Waals surface area contributed by atoms with E-state index in [1.54, 1.807) is 12.2 Å². The first-order valence-corrected chi connectivity index (χ1v) is 6.05. The lowest BCUT2D eigenvalue weighted by atomic mass is 9.71. The van der Waals surface area contributed by atoms with Gasteiger partial charge >= 0.3 is 5.97 Å². The number of allylic oxidation sites excluding steroid dienone is 4. The molecule has 0 aromatic heterocycles. The third-order valence-electron chi connectivity index (χ3n) is 2.87. The molecule has 0 aliphatic heterocycles. The zero-order chi connectivity index (χ0) is 12.7. The van der Waals surface area contributed by atoms with Crippen molar-refractivity contribution >= 4 is 17.6 Å². The SMILES string of the molecule is C=CCOC(=O)C1(CC=C)C=CC=CC1CCl. The Morgan fingerprint density at radius 1 is 1.41 bits per heavy atom. The molecule has 17 heavy (non-hydrogen) atoms. The van der Waals surface area contributed by atoms with Crippen LogP contribution in [0, 0.1) is 11.3 Å². The molecule has 1 aliphatic rings. The highest BCUT2D eigenvalue weighted by molar-refractivity contribution is 6.18. The molecule has 0 radical (unpaired) electrons. The molecule has 2 atom stereocenters. The number of esters is 1. The van der Waals surface area contributed by atoms with Crippen LogP contribution in [0.2, 0.25) is 0 Å². The van der Waals surface area contributed by atoms with Crippen molar-refractivity contribution in [2.45, 2.75) is 6.42 Å². The lowest BCUT2D eigenvalue weighted by molar-refractivity contribution is -0.153. The monoisotopic (exact) mass is 252 g/mol. The van der Waals surface area contributed by atoms with Crippen molar-refractivity contribution in [3.8, 4) is 0 Å². The summed E-state index contributed by atoms with van der Waals surface area (Å²) in [7, 11) is 0. The Morgan fingerprint density at radius 2 is 2.18 bits per heavy atom. The van der Waals surface area contributed by atoms with Gasteiger partial charge in [0.15, 0.2) is 0 Å². The Labute approximate surface area is 107 Å². The molecule has 0 aromatic carbocycles. The minimum atomic E-state index is -0.721. The number of hydrogen-bond acceptors (Lipinski definition) is 2. The van der Waals surface area contributed by atoms with Crippen LogP contribution in [0.25, 0.3) is 0 Å². The summed E-state index contributed by atoms with van der Waals surface area (Å²) >= 11 is 5.93. The molecule has 0 bridgehead atoms. The van der Waals surface area contributed by atoms with Crippen LogP contribution in [0.5, 0.6) is 0 Å². The fraction of sp³-hybridized carbons (Fsp3) is 0.357. The molecule has 2 nitrogen and oxygen atoms in total. The molecule has 0 spiro atoms. The van der Waals surface area contributed by atoms with Gasteiger partial charge in [0.2, 0.25) is 0 Å². The summed E-state index contributed by atoms with van der Waals surface area (Å²) in [6, 6.07) is 0. The van der Waals surface area contributed by atoms with Gasteiger partial charge in [-0.15, -0.1) is 18.2 Å². The third kappa shape index (κ3) is 2.89. The Bertz CT molecular complexity index is 357. The smallest absolute Gasteiger partial charge is 0.317 e. The molecule has 0 aromatic rings. The van der Waals surface area contributed by atoms with E-state index in [-0.39, 0.29) is 18.5 Å². The van der Waals surface area contributed by atoms with Gasteiger partial charge in [0.05, 0.1) is 5.41 Å². The largest absolute Gasteiger partial charge is 0.461 e. The Hall–Kier alpha value is -1.28. The van der Waals surface area contributed by atoms with Crippen molar-refractivity contribution in [2.75, 3.05) is 12.5 Å². The summed E-state index contributed by atoms with van der Waals surface area (Å²) < 4.78 is 5.17. The normalized spacial score (nSPS) is 26.5. The number of hydrogen-bond donors (Lipinski definition) is 0. The number of carbonyl (C=O) groups is 1. The molecular formula is C14H17ClO2. The summed E-state index contributed by atoms with van der Waals surface area (Å²) in [5, 5.41) is 0. The number of rotatable bonds is 6. The molecule has 0 saturated carbocycles. The first-order valence-electron chi connectivity index (χ1n) is 5.52. The fourth-order valence-corrected chi connectivity index (χ4v) is 2.32. The van der Waals surface area contributed by atoms with Gasteiger partial charge in [-0.25, -0.2) is 0 Å². The molecule has 0 amide bonds. The van der Waals surface area contributed by atoms with Gasteiger partial charge < -0.3 is 4.74 Å². The van der Waals surface area contributed by atoms with Gasteiger partial charge in [0.25, 0.3) is 0 Å². The van der Waals surface area contributed by atoms with Gasteiger partial charge in [-0.3, -0.25) is 4.79 Å². The molecule has 0 N–H and O–H groups in total.